The summed E-state index contributed by atoms with van der Waals surface area (Å²) in [6.07, 6.45) is -0.179. The first-order valence-corrected chi connectivity index (χ1v) is 7.41. The van der Waals surface area contributed by atoms with E-state index in [4.69, 9.17) is 0 Å². The smallest absolute Gasteiger partial charge is 0.0793 e. The van der Waals surface area contributed by atoms with Crippen LogP contribution in [0.3, 0.4) is 0 Å². The van der Waals surface area contributed by atoms with Gasteiger partial charge in [0.15, 0.2) is 0 Å². The first kappa shape index (κ1) is 12.6. The van der Waals surface area contributed by atoms with Crippen LogP contribution in [0.5, 0.6) is 0 Å². The van der Waals surface area contributed by atoms with Gasteiger partial charge in [-0.1, -0.05) is 0 Å². The molecule has 1 atom stereocenters. The van der Waals surface area contributed by atoms with Crippen molar-refractivity contribution < 1.29 is 5.11 Å². The maximum Gasteiger partial charge on any atom is 0.0793 e. The number of hydrogen-bond donors (Lipinski definition) is 2. The maximum atomic E-state index is 10.0. The highest BCUT2D eigenvalue weighted by molar-refractivity contribution is 7.99. The molecule has 0 bridgehead atoms. The van der Waals surface area contributed by atoms with E-state index in [1.54, 1.807) is 0 Å². The molecule has 2 N–H and O–H groups in total. The van der Waals surface area contributed by atoms with Crippen LogP contribution in [0.25, 0.3) is 0 Å². The van der Waals surface area contributed by atoms with Crippen molar-refractivity contribution in [1.29, 1.82) is 0 Å². The lowest BCUT2D eigenvalue weighted by Crippen LogP contribution is -2.49. The predicted octanol–water partition coefficient (Wildman–Crippen LogP) is -0.699. The van der Waals surface area contributed by atoms with Crippen LogP contribution >= 0.6 is 11.8 Å². The summed E-state index contributed by atoms with van der Waals surface area (Å²) < 4.78 is 0. The molecular formula is C11H23N3OS. The Morgan fingerprint density at radius 3 is 2.19 bits per heavy atom. The van der Waals surface area contributed by atoms with Gasteiger partial charge in [0.2, 0.25) is 0 Å². The number of thioether (sulfide) groups is 1. The maximum absolute atomic E-state index is 10.0. The number of nitrogens with zero attached hydrogens (tertiary/aromatic N) is 2. The Kier molecular flexibility index (Phi) is 5.38. The van der Waals surface area contributed by atoms with Crippen molar-refractivity contribution in [2.24, 2.45) is 0 Å². The third kappa shape index (κ3) is 4.22. The molecule has 2 rings (SSSR count). The minimum Gasteiger partial charge on any atom is -0.390 e. The molecule has 2 aliphatic rings. The molecule has 5 heteroatoms. The fourth-order valence-electron chi connectivity index (χ4n) is 2.33. The number of rotatable bonds is 4. The first-order chi connectivity index (χ1) is 7.84. The molecule has 0 aromatic heterocycles. The lowest BCUT2D eigenvalue weighted by Gasteiger charge is -2.32. The normalized spacial score (nSPS) is 26.8. The summed E-state index contributed by atoms with van der Waals surface area (Å²) in [5, 5.41) is 13.4. The second-order valence-corrected chi connectivity index (χ2v) is 5.84. The van der Waals surface area contributed by atoms with Gasteiger partial charge in [-0.15, -0.1) is 0 Å². The molecule has 2 fully saturated rings. The van der Waals surface area contributed by atoms with Gasteiger partial charge >= 0.3 is 0 Å². The third-order valence-electron chi connectivity index (χ3n) is 3.25. The van der Waals surface area contributed by atoms with Crippen molar-refractivity contribution in [2.45, 2.75) is 6.10 Å². The highest BCUT2D eigenvalue weighted by atomic mass is 32.2. The number of aliphatic hydroxyl groups is 1. The molecule has 0 amide bonds. The highest BCUT2D eigenvalue weighted by Gasteiger charge is 2.18. The summed E-state index contributed by atoms with van der Waals surface area (Å²) in [5.74, 6) is 2.45. The van der Waals surface area contributed by atoms with E-state index >= 15 is 0 Å². The Labute approximate surface area is 102 Å². The summed E-state index contributed by atoms with van der Waals surface area (Å²) in [5.41, 5.74) is 0. The molecule has 94 valence electrons. The Morgan fingerprint density at radius 1 is 1.00 bits per heavy atom. The molecular weight excluding hydrogens is 222 g/mol. The zero-order chi connectivity index (χ0) is 11.2. The standard InChI is InChI=1S/C11H23N3OS/c15-11(9-13-3-1-12-2-4-13)10-14-5-7-16-8-6-14/h11-12,15H,1-10H2. The summed E-state index contributed by atoms with van der Waals surface area (Å²) in [6, 6.07) is 0. The first-order valence-electron chi connectivity index (χ1n) is 6.26. The number of β-amino-alcohol motifs (C(OH)–C–C–N with tert-alkyl or cyclic N) is 1. The Hall–Kier alpha value is 0.190. The van der Waals surface area contributed by atoms with Crippen molar-refractivity contribution in [3.8, 4) is 0 Å². The van der Waals surface area contributed by atoms with Crippen LogP contribution in [0.15, 0.2) is 0 Å². The highest BCUT2D eigenvalue weighted by Crippen LogP contribution is 2.09. The van der Waals surface area contributed by atoms with Crippen LogP contribution in [-0.2, 0) is 0 Å². The van der Waals surface area contributed by atoms with Crippen molar-refractivity contribution in [2.75, 3.05) is 63.9 Å². The third-order valence-corrected chi connectivity index (χ3v) is 4.19. The van der Waals surface area contributed by atoms with Gasteiger partial charge < -0.3 is 10.4 Å². The SMILES string of the molecule is OC(CN1CCNCC1)CN1CCSCC1. The van der Waals surface area contributed by atoms with E-state index in [2.05, 4.69) is 15.1 Å². The number of nitrogens with one attached hydrogen (secondary N) is 1. The van der Waals surface area contributed by atoms with E-state index in [-0.39, 0.29) is 6.10 Å². The van der Waals surface area contributed by atoms with Crippen molar-refractivity contribution >= 4 is 11.8 Å². The monoisotopic (exact) mass is 245 g/mol. The lowest BCUT2D eigenvalue weighted by atomic mass is 10.2. The molecule has 2 aliphatic heterocycles. The van der Waals surface area contributed by atoms with Gasteiger partial charge in [-0.25, -0.2) is 0 Å². The van der Waals surface area contributed by atoms with Crippen LogP contribution < -0.4 is 5.32 Å². The average Bonchev–Trinajstić information content (AvgIpc) is 2.31. The molecule has 0 saturated carbocycles. The quantitative estimate of drug-likeness (QED) is 0.685. The van der Waals surface area contributed by atoms with Gasteiger partial charge in [0.25, 0.3) is 0 Å². The Bertz CT molecular complexity index is 174. The molecule has 0 aromatic carbocycles. The fraction of sp³-hybridized carbons (Fsp3) is 1.00. The van der Waals surface area contributed by atoms with Gasteiger partial charge in [-0.3, -0.25) is 9.80 Å². The van der Waals surface area contributed by atoms with Gasteiger partial charge in [0.05, 0.1) is 6.10 Å². The van der Waals surface area contributed by atoms with Crippen LogP contribution in [0.1, 0.15) is 0 Å². The molecule has 2 saturated heterocycles. The minimum absolute atomic E-state index is 0.179. The second kappa shape index (κ2) is 6.81. The van der Waals surface area contributed by atoms with Gasteiger partial charge in [0, 0.05) is 63.9 Å². The number of piperazine rings is 1. The minimum atomic E-state index is -0.179. The van der Waals surface area contributed by atoms with E-state index in [9.17, 15) is 5.11 Å². The molecule has 16 heavy (non-hydrogen) atoms. The number of hydrogen-bond acceptors (Lipinski definition) is 5. The number of aliphatic hydroxyl groups excluding tert-OH is 1. The summed E-state index contributed by atoms with van der Waals surface area (Å²) in [7, 11) is 0. The summed E-state index contributed by atoms with van der Waals surface area (Å²) in [4.78, 5) is 4.75. The molecule has 0 aliphatic carbocycles. The van der Waals surface area contributed by atoms with Crippen LogP contribution in [0.2, 0.25) is 0 Å². The molecule has 1 unspecified atom stereocenters. The zero-order valence-corrected chi connectivity index (χ0v) is 10.7. The van der Waals surface area contributed by atoms with E-state index in [0.717, 1.165) is 52.4 Å². The largest absolute Gasteiger partial charge is 0.390 e. The fourth-order valence-corrected chi connectivity index (χ4v) is 3.31. The van der Waals surface area contributed by atoms with E-state index < -0.39 is 0 Å². The van der Waals surface area contributed by atoms with E-state index in [1.165, 1.54) is 11.5 Å². The summed E-state index contributed by atoms with van der Waals surface area (Å²) in [6.45, 7) is 8.25. The molecule has 0 spiro atoms. The van der Waals surface area contributed by atoms with E-state index in [0.29, 0.717) is 0 Å². The summed E-state index contributed by atoms with van der Waals surface area (Å²) >= 11 is 2.02. The van der Waals surface area contributed by atoms with Gasteiger partial charge in [0.1, 0.15) is 0 Å². The van der Waals surface area contributed by atoms with Gasteiger partial charge in [-0.2, -0.15) is 11.8 Å². The molecule has 0 aromatic rings. The van der Waals surface area contributed by atoms with Crippen molar-refractivity contribution in [3.63, 3.8) is 0 Å². The molecule has 4 nitrogen and oxygen atoms in total. The van der Waals surface area contributed by atoms with Crippen molar-refractivity contribution in [3.05, 3.63) is 0 Å². The second-order valence-electron chi connectivity index (χ2n) is 4.62. The Balaban J connectivity index is 1.64. The molecule has 0 radical (unpaired) electrons. The van der Waals surface area contributed by atoms with Crippen molar-refractivity contribution in [1.82, 2.24) is 15.1 Å². The zero-order valence-electron chi connectivity index (χ0n) is 9.90. The Morgan fingerprint density at radius 2 is 1.56 bits per heavy atom. The lowest BCUT2D eigenvalue weighted by molar-refractivity contribution is 0.0725. The van der Waals surface area contributed by atoms with Crippen LogP contribution in [-0.4, -0.2) is 84.9 Å². The average molecular weight is 245 g/mol. The van der Waals surface area contributed by atoms with Crippen LogP contribution in [0, 0.1) is 0 Å². The topological polar surface area (TPSA) is 38.7 Å². The van der Waals surface area contributed by atoms with Gasteiger partial charge in [-0.05, 0) is 0 Å². The van der Waals surface area contributed by atoms with Crippen LogP contribution in [0.4, 0.5) is 0 Å². The molecule has 2 heterocycles. The predicted molar refractivity (Wildman–Crippen MR) is 69.1 cm³/mol. The van der Waals surface area contributed by atoms with E-state index in [1.807, 2.05) is 11.8 Å².